The molecule has 2 rings (SSSR count). The van der Waals surface area contributed by atoms with Crippen molar-refractivity contribution >= 4 is 11.9 Å². The van der Waals surface area contributed by atoms with Crippen LogP contribution in [0, 0.1) is 6.92 Å². The number of carbonyl (C=O) groups excluding carboxylic acids is 1. The first-order chi connectivity index (χ1) is 12.1. The van der Waals surface area contributed by atoms with Crippen LogP contribution in [-0.4, -0.2) is 18.2 Å². The summed E-state index contributed by atoms with van der Waals surface area (Å²) >= 11 is 0. The molecule has 138 valence electrons. The predicted molar refractivity (Wildman–Crippen MR) is 91.6 cm³/mol. The third kappa shape index (κ3) is 5.80. The number of ether oxygens (including phenoxy) is 1. The Bertz CT molecular complexity index is 798. The lowest BCUT2D eigenvalue weighted by atomic mass is 9.91. The minimum Gasteiger partial charge on any atom is -0.406 e. The van der Waals surface area contributed by atoms with E-state index in [4.69, 9.17) is 11.5 Å². The number of hydrogen-bond donors (Lipinski definition) is 2. The first-order valence-corrected chi connectivity index (χ1v) is 7.69. The Balaban J connectivity index is 2.37. The van der Waals surface area contributed by atoms with Gasteiger partial charge in [-0.2, -0.15) is 4.99 Å². The molecule has 5 nitrogen and oxygen atoms in total. The fourth-order valence-electron chi connectivity index (χ4n) is 2.44. The Morgan fingerprint density at radius 1 is 1.15 bits per heavy atom. The maximum absolute atomic E-state index is 12.4. The molecular weight excluding hydrogens is 347 g/mol. The molecule has 1 amide bonds. The third-order valence-electron chi connectivity index (χ3n) is 3.59. The third-order valence-corrected chi connectivity index (χ3v) is 3.59. The van der Waals surface area contributed by atoms with Crippen molar-refractivity contribution in [1.29, 1.82) is 0 Å². The molecule has 0 aromatic heterocycles. The number of alkyl halides is 3. The second-order valence-corrected chi connectivity index (χ2v) is 5.74. The molecule has 0 aliphatic carbocycles. The van der Waals surface area contributed by atoms with Crippen LogP contribution in [0.1, 0.15) is 22.6 Å². The van der Waals surface area contributed by atoms with Crippen molar-refractivity contribution in [3.63, 3.8) is 0 Å². The number of halogens is 3. The van der Waals surface area contributed by atoms with Crippen molar-refractivity contribution in [2.45, 2.75) is 25.6 Å². The van der Waals surface area contributed by atoms with E-state index in [1.54, 1.807) is 0 Å². The van der Waals surface area contributed by atoms with E-state index in [1.807, 2.05) is 31.2 Å². The first kappa shape index (κ1) is 19.3. The number of aryl methyl sites for hydroxylation is 1. The van der Waals surface area contributed by atoms with Crippen LogP contribution in [0.2, 0.25) is 0 Å². The molecule has 0 saturated carbocycles. The van der Waals surface area contributed by atoms with Crippen LogP contribution in [0.5, 0.6) is 5.75 Å². The van der Waals surface area contributed by atoms with Gasteiger partial charge in [-0.15, -0.1) is 13.2 Å². The summed E-state index contributed by atoms with van der Waals surface area (Å²) in [5, 5.41) is 0. The zero-order valence-corrected chi connectivity index (χ0v) is 14.0. The Kier molecular flexibility index (Phi) is 5.86. The molecule has 2 aromatic rings. The van der Waals surface area contributed by atoms with Gasteiger partial charge < -0.3 is 16.2 Å². The van der Waals surface area contributed by atoms with Crippen molar-refractivity contribution in [3.05, 3.63) is 65.2 Å². The van der Waals surface area contributed by atoms with Crippen molar-refractivity contribution in [2.24, 2.45) is 16.5 Å². The van der Waals surface area contributed by atoms with Gasteiger partial charge >= 0.3 is 6.36 Å². The summed E-state index contributed by atoms with van der Waals surface area (Å²) in [6, 6.07) is 12.6. The highest BCUT2D eigenvalue weighted by atomic mass is 19.4. The van der Waals surface area contributed by atoms with Gasteiger partial charge in [0.25, 0.3) is 5.91 Å². The largest absolute Gasteiger partial charge is 0.573 e. The van der Waals surface area contributed by atoms with Crippen LogP contribution in [0.15, 0.2) is 53.5 Å². The highest BCUT2D eigenvalue weighted by Gasteiger charge is 2.31. The van der Waals surface area contributed by atoms with E-state index < -0.39 is 29.9 Å². The number of nitrogens with two attached hydrogens (primary N) is 2. The molecule has 4 N–H and O–H groups in total. The predicted octanol–water partition coefficient (Wildman–Crippen LogP) is 3.02. The zero-order chi connectivity index (χ0) is 19.3. The van der Waals surface area contributed by atoms with Crippen molar-refractivity contribution in [2.75, 3.05) is 0 Å². The smallest absolute Gasteiger partial charge is 0.406 e. The quantitative estimate of drug-likeness (QED) is 0.629. The van der Waals surface area contributed by atoms with Crippen LogP contribution >= 0.6 is 0 Å². The average Bonchev–Trinajstić information content (AvgIpc) is 2.52. The molecule has 0 aliphatic rings. The Hall–Kier alpha value is -3.03. The number of rotatable bonds is 5. The number of nitrogens with zero attached hydrogens (tertiary/aromatic N) is 1. The summed E-state index contributed by atoms with van der Waals surface area (Å²) in [5.74, 6) is -2.32. The summed E-state index contributed by atoms with van der Waals surface area (Å²) < 4.78 is 41.3. The molecule has 0 unspecified atom stereocenters. The van der Waals surface area contributed by atoms with Gasteiger partial charge in [0.05, 0.1) is 5.92 Å². The van der Waals surface area contributed by atoms with Crippen LogP contribution in [0.3, 0.4) is 0 Å². The minimum atomic E-state index is -4.82. The maximum atomic E-state index is 12.4. The summed E-state index contributed by atoms with van der Waals surface area (Å²) in [6.45, 7) is 1.92. The topological polar surface area (TPSA) is 90.7 Å². The molecule has 0 aliphatic heterocycles. The molecule has 0 bridgehead atoms. The Morgan fingerprint density at radius 3 is 2.38 bits per heavy atom. The van der Waals surface area contributed by atoms with Gasteiger partial charge in [0.1, 0.15) is 5.75 Å². The highest BCUT2D eigenvalue weighted by molar-refractivity contribution is 5.95. The van der Waals surface area contributed by atoms with Gasteiger partial charge in [0, 0.05) is 0 Å². The van der Waals surface area contributed by atoms with Crippen molar-refractivity contribution in [3.8, 4) is 5.75 Å². The van der Waals surface area contributed by atoms with E-state index in [0.717, 1.165) is 23.3 Å². The fourth-order valence-corrected chi connectivity index (χ4v) is 2.44. The summed E-state index contributed by atoms with van der Waals surface area (Å²) in [4.78, 5) is 16.0. The lowest BCUT2D eigenvalue weighted by Gasteiger charge is -2.16. The highest BCUT2D eigenvalue weighted by Crippen LogP contribution is 2.29. The zero-order valence-electron chi connectivity index (χ0n) is 14.0. The molecule has 8 heteroatoms. The minimum absolute atomic E-state index is 0.228. The number of amides is 1. The van der Waals surface area contributed by atoms with Gasteiger partial charge in [-0.3, -0.25) is 4.79 Å². The summed E-state index contributed by atoms with van der Waals surface area (Å²) in [6.07, 6.45) is -4.60. The molecular formula is C18H18F3N3O2. The van der Waals surface area contributed by atoms with Crippen molar-refractivity contribution in [1.82, 2.24) is 0 Å². The summed E-state index contributed by atoms with van der Waals surface area (Å²) in [7, 11) is 0. The van der Waals surface area contributed by atoms with Gasteiger partial charge in [-0.1, -0.05) is 42.0 Å². The average molecular weight is 365 g/mol. The maximum Gasteiger partial charge on any atom is 0.573 e. The van der Waals surface area contributed by atoms with E-state index in [1.165, 1.54) is 12.1 Å². The lowest BCUT2D eigenvalue weighted by Crippen LogP contribution is -2.26. The first-order valence-electron chi connectivity index (χ1n) is 7.69. The fraction of sp³-hybridized carbons (Fsp3) is 0.222. The van der Waals surface area contributed by atoms with Gasteiger partial charge in [-0.05, 0) is 36.6 Å². The van der Waals surface area contributed by atoms with E-state index >= 15 is 0 Å². The van der Waals surface area contributed by atoms with Crippen LogP contribution in [-0.2, 0) is 11.2 Å². The summed E-state index contributed by atoms with van der Waals surface area (Å²) in [5.41, 5.74) is 12.7. The molecule has 0 spiro atoms. The lowest BCUT2D eigenvalue weighted by molar-refractivity contribution is -0.274. The number of aliphatic imine (C=N–C) groups is 1. The van der Waals surface area contributed by atoms with Crippen LogP contribution < -0.4 is 16.2 Å². The number of benzene rings is 2. The van der Waals surface area contributed by atoms with Gasteiger partial charge in [0.2, 0.25) is 0 Å². The van der Waals surface area contributed by atoms with Crippen LogP contribution in [0.25, 0.3) is 0 Å². The van der Waals surface area contributed by atoms with Gasteiger partial charge in [-0.25, -0.2) is 0 Å². The molecule has 2 aromatic carbocycles. The molecule has 0 heterocycles. The Morgan fingerprint density at radius 2 is 1.81 bits per heavy atom. The Labute approximate surface area is 148 Å². The van der Waals surface area contributed by atoms with E-state index in [9.17, 15) is 18.0 Å². The van der Waals surface area contributed by atoms with E-state index in [-0.39, 0.29) is 6.42 Å². The van der Waals surface area contributed by atoms with E-state index in [2.05, 4.69) is 9.73 Å². The SMILES string of the molecule is Cc1ccc(C[C@@H](C(=O)N=C(N)N)c2cccc(OC(F)(F)F)c2)cc1. The standard InChI is InChI=1S/C18H18F3N3O2/c1-11-5-7-12(8-6-11)9-15(16(25)24-17(22)23)13-3-2-4-14(10-13)26-18(19,20)21/h2-8,10,15H,9H2,1H3,(H4,22,23,24,25)/t15-/m1/s1. The van der Waals surface area contributed by atoms with Crippen molar-refractivity contribution < 1.29 is 22.7 Å². The second-order valence-electron chi connectivity index (χ2n) is 5.74. The van der Waals surface area contributed by atoms with Crippen LogP contribution in [0.4, 0.5) is 13.2 Å². The molecule has 26 heavy (non-hydrogen) atoms. The monoisotopic (exact) mass is 365 g/mol. The molecule has 0 radical (unpaired) electrons. The number of hydrogen-bond acceptors (Lipinski definition) is 2. The molecule has 0 saturated heterocycles. The second kappa shape index (κ2) is 7.90. The van der Waals surface area contributed by atoms with E-state index in [0.29, 0.717) is 5.56 Å². The normalized spacial score (nSPS) is 12.3. The number of guanidine groups is 1. The molecule has 0 fully saturated rings. The molecule has 1 atom stereocenters. The van der Waals surface area contributed by atoms with Gasteiger partial charge in [0.15, 0.2) is 5.96 Å². The number of carbonyl (C=O) groups is 1.